The van der Waals surface area contributed by atoms with Crippen molar-refractivity contribution in [2.75, 3.05) is 11.9 Å². The van der Waals surface area contributed by atoms with Crippen LogP contribution in [0.2, 0.25) is 0 Å². The van der Waals surface area contributed by atoms with Crippen molar-refractivity contribution in [2.24, 2.45) is 5.73 Å². The highest BCUT2D eigenvalue weighted by molar-refractivity contribution is 7.20. The Morgan fingerprint density at radius 3 is 2.64 bits per heavy atom. The number of furan rings is 1. The average molecular weight is 539 g/mol. The summed E-state index contributed by atoms with van der Waals surface area (Å²) in [6.45, 7) is 2.56. The summed E-state index contributed by atoms with van der Waals surface area (Å²) in [5.41, 5.74) is 9.98. The van der Waals surface area contributed by atoms with Crippen molar-refractivity contribution in [3.05, 3.63) is 94.8 Å². The van der Waals surface area contributed by atoms with Gasteiger partial charge in [0, 0.05) is 23.0 Å². The molecule has 198 valence electrons. The molecular formula is C31H30N4O3S. The number of hydrogen-bond donors (Lipinski definition) is 3. The van der Waals surface area contributed by atoms with Gasteiger partial charge in [0.1, 0.15) is 4.83 Å². The number of hydrogen-bond acceptors (Lipinski definition) is 6. The summed E-state index contributed by atoms with van der Waals surface area (Å²) in [7, 11) is 0. The number of rotatable bonds is 7. The molecular weight excluding hydrogens is 508 g/mol. The fraction of sp³-hybridized carbons (Fsp3) is 0.258. The second-order valence-electron chi connectivity index (χ2n) is 10.5. The predicted octanol–water partition coefficient (Wildman–Crippen LogP) is 6.56. The van der Waals surface area contributed by atoms with Gasteiger partial charge in [-0.1, -0.05) is 38.0 Å². The largest absolute Gasteiger partial charge is 0.459 e. The molecule has 4 N–H and O–H groups in total. The van der Waals surface area contributed by atoms with Crippen molar-refractivity contribution in [3.8, 4) is 0 Å². The SMILES string of the molecule is CC1(c2ccc3nc4sc(C(=O)N[C@H](CN)c5cccc(NC(=O)c6ccco6)c5)cc4cc3c2)CCCC1. The highest BCUT2D eigenvalue weighted by atomic mass is 32.1. The lowest BCUT2D eigenvalue weighted by Crippen LogP contribution is -2.33. The molecule has 39 heavy (non-hydrogen) atoms. The Morgan fingerprint density at radius 1 is 1.03 bits per heavy atom. The van der Waals surface area contributed by atoms with Crippen LogP contribution in [0.1, 0.15) is 70.0 Å². The van der Waals surface area contributed by atoms with E-state index < -0.39 is 6.04 Å². The van der Waals surface area contributed by atoms with Gasteiger partial charge in [0.25, 0.3) is 11.8 Å². The maximum atomic E-state index is 13.3. The van der Waals surface area contributed by atoms with Crippen LogP contribution < -0.4 is 16.4 Å². The van der Waals surface area contributed by atoms with Crippen LogP contribution in [0.3, 0.4) is 0 Å². The van der Waals surface area contributed by atoms with E-state index >= 15 is 0 Å². The summed E-state index contributed by atoms with van der Waals surface area (Å²) in [6.07, 6.45) is 6.45. The van der Waals surface area contributed by atoms with Crippen molar-refractivity contribution in [2.45, 2.75) is 44.1 Å². The third-order valence-electron chi connectivity index (χ3n) is 7.76. The Kier molecular flexibility index (Phi) is 6.66. The third kappa shape index (κ3) is 5.05. The minimum Gasteiger partial charge on any atom is -0.459 e. The number of benzene rings is 2. The van der Waals surface area contributed by atoms with Crippen molar-refractivity contribution in [1.29, 1.82) is 0 Å². The molecule has 1 saturated carbocycles. The Hall–Kier alpha value is -4.01. The highest BCUT2D eigenvalue weighted by Gasteiger charge is 2.30. The van der Waals surface area contributed by atoms with Crippen LogP contribution >= 0.6 is 11.3 Å². The van der Waals surface area contributed by atoms with Crippen LogP contribution in [0.15, 0.2) is 77.4 Å². The highest BCUT2D eigenvalue weighted by Crippen LogP contribution is 2.41. The Bertz CT molecular complexity index is 1670. The standard InChI is InChI=1S/C31H30N4O3S/c1-31(11-2-3-12-31)22-9-10-24-20(15-22)14-21-17-27(39-30(21)35-24)29(37)34-25(18-32)19-6-4-7-23(16-19)33-28(36)26-8-5-13-38-26/h4-10,13-17,25H,2-3,11-12,18,32H2,1H3,(H,33,36)(H,34,37)/t25-/m1/s1. The number of amides is 2. The molecule has 6 rings (SSSR count). The Morgan fingerprint density at radius 2 is 1.87 bits per heavy atom. The summed E-state index contributed by atoms with van der Waals surface area (Å²) < 4.78 is 5.16. The van der Waals surface area contributed by atoms with Gasteiger partial charge < -0.3 is 20.8 Å². The lowest BCUT2D eigenvalue weighted by atomic mass is 9.80. The van der Waals surface area contributed by atoms with Crippen LogP contribution in [0.4, 0.5) is 5.69 Å². The van der Waals surface area contributed by atoms with Gasteiger partial charge in [0.15, 0.2) is 5.76 Å². The number of thiophene rings is 1. The van der Waals surface area contributed by atoms with E-state index in [0.717, 1.165) is 26.7 Å². The topological polar surface area (TPSA) is 110 Å². The van der Waals surface area contributed by atoms with E-state index in [-0.39, 0.29) is 29.5 Å². The Labute approximate surface area is 230 Å². The minimum absolute atomic E-state index is 0.204. The molecule has 2 amide bonds. The van der Waals surface area contributed by atoms with Gasteiger partial charge in [0.05, 0.1) is 22.7 Å². The molecule has 0 saturated heterocycles. The van der Waals surface area contributed by atoms with Crippen molar-refractivity contribution in [3.63, 3.8) is 0 Å². The van der Waals surface area contributed by atoms with Crippen molar-refractivity contribution >= 4 is 50.0 Å². The first-order valence-corrected chi connectivity index (χ1v) is 14.0. The van der Waals surface area contributed by atoms with Gasteiger partial charge in [0.2, 0.25) is 0 Å². The number of nitrogens with one attached hydrogen (secondary N) is 2. The number of carbonyl (C=O) groups is 2. The molecule has 0 radical (unpaired) electrons. The monoisotopic (exact) mass is 538 g/mol. The molecule has 3 heterocycles. The van der Waals surface area contributed by atoms with E-state index in [9.17, 15) is 9.59 Å². The molecule has 1 atom stereocenters. The molecule has 7 nitrogen and oxygen atoms in total. The summed E-state index contributed by atoms with van der Waals surface area (Å²) in [6, 6.07) is 20.7. The Balaban J connectivity index is 1.21. The lowest BCUT2D eigenvalue weighted by molar-refractivity contribution is 0.0940. The van der Waals surface area contributed by atoms with Crippen molar-refractivity contribution < 1.29 is 14.0 Å². The third-order valence-corrected chi connectivity index (χ3v) is 8.80. The first-order valence-electron chi connectivity index (χ1n) is 13.2. The van der Waals surface area contributed by atoms with Crippen LogP contribution in [0.5, 0.6) is 0 Å². The molecule has 1 fully saturated rings. The molecule has 1 aliphatic carbocycles. The normalized spacial score (nSPS) is 15.4. The van der Waals surface area contributed by atoms with Gasteiger partial charge in [-0.15, -0.1) is 11.3 Å². The van der Waals surface area contributed by atoms with Crippen LogP contribution in [0, 0.1) is 0 Å². The molecule has 0 unspecified atom stereocenters. The maximum Gasteiger partial charge on any atom is 0.291 e. The quantitative estimate of drug-likeness (QED) is 0.217. The molecule has 3 aromatic heterocycles. The minimum atomic E-state index is -0.426. The molecule has 1 aliphatic rings. The number of anilines is 1. The summed E-state index contributed by atoms with van der Waals surface area (Å²) >= 11 is 1.38. The number of nitrogens with zero attached hydrogens (tertiary/aromatic N) is 1. The van der Waals surface area contributed by atoms with Gasteiger partial charge in [-0.05, 0) is 77.9 Å². The van der Waals surface area contributed by atoms with Crippen LogP contribution in [-0.2, 0) is 5.41 Å². The number of nitrogens with two attached hydrogens (primary N) is 1. The molecule has 0 spiro atoms. The zero-order valence-corrected chi connectivity index (χ0v) is 22.5. The van der Waals surface area contributed by atoms with Gasteiger partial charge >= 0.3 is 0 Å². The molecule has 2 aromatic carbocycles. The number of fused-ring (bicyclic) bond motifs is 2. The fourth-order valence-electron chi connectivity index (χ4n) is 5.51. The average Bonchev–Trinajstić information content (AvgIpc) is 3.71. The zero-order chi connectivity index (χ0) is 27.0. The second-order valence-corrected chi connectivity index (χ2v) is 11.5. The van der Waals surface area contributed by atoms with Gasteiger partial charge in [-0.2, -0.15) is 0 Å². The first kappa shape index (κ1) is 25.3. The molecule has 5 aromatic rings. The van der Waals surface area contributed by atoms with Gasteiger partial charge in [-0.3, -0.25) is 9.59 Å². The van der Waals surface area contributed by atoms with E-state index in [1.807, 2.05) is 18.2 Å². The summed E-state index contributed by atoms with van der Waals surface area (Å²) in [5, 5.41) is 7.92. The molecule has 0 aliphatic heterocycles. The maximum absolute atomic E-state index is 13.3. The van der Waals surface area contributed by atoms with E-state index in [1.165, 1.54) is 48.8 Å². The smallest absolute Gasteiger partial charge is 0.291 e. The number of aromatic nitrogens is 1. The van der Waals surface area contributed by atoms with E-state index in [4.69, 9.17) is 15.1 Å². The molecule has 8 heteroatoms. The van der Waals surface area contributed by atoms with Crippen molar-refractivity contribution in [1.82, 2.24) is 10.3 Å². The zero-order valence-electron chi connectivity index (χ0n) is 21.7. The summed E-state index contributed by atoms with van der Waals surface area (Å²) in [4.78, 5) is 31.9. The van der Waals surface area contributed by atoms with E-state index in [1.54, 1.807) is 24.3 Å². The molecule has 0 bridgehead atoms. The van der Waals surface area contributed by atoms with E-state index in [0.29, 0.717) is 10.6 Å². The first-order chi connectivity index (χ1) is 18.9. The fourth-order valence-corrected chi connectivity index (χ4v) is 6.43. The van der Waals surface area contributed by atoms with Crippen LogP contribution in [0.25, 0.3) is 21.1 Å². The van der Waals surface area contributed by atoms with Crippen LogP contribution in [-0.4, -0.2) is 23.3 Å². The number of carbonyl (C=O) groups excluding carboxylic acids is 2. The lowest BCUT2D eigenvalue weighted by Gasteiger charge is -2.24. The summed E-state index contributed by atoms with van der Waals surface area (Å²) in [5.74, 6) is -0.333. The van der Waals surface area contributed by atoms with Gasteiger partial charge in [-0.25, -0.2) is 4.98 Å². The number of pyridine rings is 1. The predicted molar refractivity (Wildman–Crippen MR) is 155 cm³/mol. The van der Waals surface area contributed by atoms with E-state index in [2.05, 4.69) is 41.8 Å². The second kappa shape index (κ2) is 10.3.